The number of methoxy groups -OCH3 is 1. The Labute approximate surface area is 126 Å². The first-order valence-corrected chi connectivity index (χ1v) is 6.44. The zero-order valence-electron chi connectivity index (χ0n) is 12.2. The van der Waals surface area contributed by atoms with Gasteiger partial charge >= 0.3 is 0 Å². The zero-order valence-corrected chi connectivity index (χ0v) is 12.2. The molecule has 0 radical (unpaired) electrons. The average molecular weight is 304 g/mol. The molecular weight excluding hydrogens is 288 g/mol. The second-order valence-electron chi connectivity index (χ2n) is 4.50. The van der Waals surface area contributed by atoms with E-state index in [1.807, 2.05) is 0 Å². The third kappa shape index (κ3) is 3.75. The molecule has 116 valence electrons. The fourth-order valence-corrected chi connectivity index (χ4v) is 1.79. The van der Waals surface area contributed by atoms with Crippen molar-refractivity contribution in [3.05, 3.63) is 35.6 Å². The summed E-state index contributed by atoms with van der Waals surface area (Å²) in [5.41, 5.74) is 6.04. The SMILES string of the molecule is COc1ccc(C(N)=O)cc1NCC(=O)Nc1cc(C)on1. The van der Waals surface area contributed by atoms with Crippen LogP contribution in [-0.2, 0) is 4.79 Å². The normalized spacial score (nSPS) is 10.1. The highest BCUT2D eigenvalue weighted by atomic mass is 16.5. The summed E-state index contributed by atoms with van der Waals surface area (Å²) in [6.07, 6.45) is 0. The molecule has 8 nitrogen and oxygen atoms in total. The Balaban J connectivity index is 2.02. The fraction of sp³-hybridized carbons (Fsp3) is 0.214. The van der Waals surface area contributed by atoms with Crippen molar-refractivity contribution in [3.8, 4) is 5.75 Å². The Hall–Kier alpha value is -3.03. The number of benzene rings is 1. The van der Waals surface area contributed by atoms with Gasteiger partial charge in [0.15, 0.2) is 5.82 Å². The van der Waals surface area contributed by atoms with E-state index in [1.165, 1.54) is 13.2 Å². The molecule has 0 aliphatic rings. The van der Waals surface area contributed by atoms with Crippen molar-refractivity contribution < 1.29 is 18.8 Å². The number of rotatable bonds is 6. The molecule has 2 amide bonds. The minimum absolute atomic E-state index is 0.0372. The number of aromatic nitrogens is 1. The topological polar surface area (TPSA) is 119 Å². The summed E-state index contributed by atoms with van der Waals surface area (Å²) in [5, 5.41) is 9.11. The standard InChI is InChI=1S/C14H16N4O4/c1-8-5-12(18-22-8)17-13(19)7-16-10-6-9(14(15)20)3-4-11(10)21-2/h3-6,16H,7H2,1-2H3,(H2,15,20)(H,17,18,19). The number of primary amides is 1. The van der Waals surface area contributed by atoms with Gasteiger partial charge in [0.1, 0.15) is 11.5 Å². The maximum Gasteiger partial charge on any atom is 0.248 e. The third-order valence-corrected chi connectivity index (χ3v) is 2.82. The van der Waals surface area contributed by atoms with Crippen LogP contribution in [0.4, 0.5) is 11.5 Å². The molecule has 1 aromatic carbocycles. The number of carbonyl (C=O) groups excluding carboxylic acids is 2. The quantitative estimate of drug-likeness (QED) is 0.736. The number of nitrogens with one attached hydrogen (secondary N) is 2. The van der Waals surface area contributed by atoms with Crippen LogP contribution in [0.3, 0.4) is 0 Å². The van der Waals surface area contributed by atoms with Gasteiger partial charge in [0, 0.05) is 11.6 Å². The highest BCUT2D eigenvalue weighted by Crippen LogP contribution is 2.25. The van der Waals surface area contributed by atoms with E-state index < -0.39 is 5.91 Å². The summed E-state index contributed by atoms with van der Waals surface area (Å²) in [5.74, 6) is 0.546. The Morgan fingerprint density at radius 3 is 2.73 bits per heavy atom. The molecule has 8 heteroatoms. The number of anilines is 2. The van der Waals surface area contributed by atoms with Gasteiger partial charge in [-0.25, -0.2) is 0 Å². The molecule has 2 aromatic rings. The monoisotopic (exact) mass is 304 g/mol. The molecular formula is C14H16N4O4. The Kier molecular flexibility index (Phi) is 4.62. The van der Waals surface area contributed by atoms with E-state index >= 15 is 0 Å². The molecule has 0 aliphatic heterocycles. The molecule has 0 saturated heterocycles. The van der Waals surface area contributed by atoms with Crippen molar-refractivity contribution >= 4 is 23.3 Å². The molecule has 22 heavy (non-hydrogen) atoms. The zero-order chi connectivity index (χ0) is 16.1. The molecule has 0 atom stereocenters. The first kappa shape index (κ1) is 15.4. The van der Waals surface area contributed by atoms with Gasteiger partial charge in [-0.3, -0.25) is 9.59 Å². The first-order valence-electron chi connectivity index (χ1n) is 6.44. The van der Waals surface area contributed by atoms with Crippen LogP contribution in [0.1, 0.15) is 16.1 Å². The van der Waals surface area contributed by atoms with Crippen molar-refractivity contribution in [2.24, 2.45) is 5.73 Å². The van der Waals surface area contributed by atoms with Crippen LogP contribution in [0.2, 0.25) is 0 Å². The molecule has 0 aliphatic carbocycles. The second kappa shape index (κ2) is 6.61. The molecule has 1 heterocycles. The summed E-state index contributed by atoms with van der Waals surface area (Å²) in [7, 11) is 1.49. The van der Waals surface area contributed by atoms with Gasteiger partial charge < -0.3 is 25.6 Å². The lowest BCUT2D eigenvalue weighted by atomic mass is 10.1. The predicted octanol–water partition coefficient (Wildman–Crippen LogP) is 1.14. The van der Waals surface area contributed by atoms with Crippen molar-refractivity contribution in [2.45, 2.75) is 6.92 Å². The minimum atomic E-state index is -0.562. The Bertz CT molecular complexity index is 696. The maximum atomic E-state index is 11.8. The number of nitrogens with zero attached hydrogens (tertiary/aromatic N) is 1. The number of hydrogen-bond donors (Lipinski definition) is 3. The Morgan fingerprint density at radius 1 is 1.36 bits per heavy atom. The van der Waals surface area contributed by atoms with Crippen LogP contribution in [0, 0.1) is 6.92 Å². The summed E-state index contributed by atoms with van der Waals surface area (Å²) in [4.78, 5) is 23.0. The van der Waals surface area contributed by atoms with Gasteiger partial charge in [-0.05, 0) is 25.1 Å². The molecule has 0 saturated carbocycles. The molecule has 1 aromatic heterocycles. The molecule has 0 bridgehead atoms. The highest BCUT2D eigenvalue weighted by molar-refractivity contribution is 5.95. The van der Waals surface area contributed by atoms with Gasteiger partial charge in [-0.15, -0.1) is 0 Å². The van der Waals surface area contributed by atoms with Crippen LogP contribution in [0.5, 0.6) is 5.75 Å². The lowest BCUT2D eigenvalue weighted by Gasteiger charge is -2.11. The van der Waals surface area contributed by atoms with E-state index in [-0.39, 0.29) is 12.5 Å². The average Bonchev–Trinajstić information content (AvgIpc) is 2.89. The lowest BCUT2D eigenvalue weighted by molar-refractivity contribution is -0.114. The molecule has 4 N–H and O–H groups in total. The highest BCUT2D eigenvalue weighted by Gasteiger charge is 2.10. The summed E-state index contributed by atoms with van der Waals surface area (Å²) < 4.78 is 10.0. The van der Waals surface area contributed by atoms with Crippen molar-refractivity contribution in [2.75, 3.05) is 24.3 Å². The van der Waals surface area contributed by atoms with E-state index in [0.29, 0.717) is 28.6 Å². The van der Waals surface area contributed by atoms with Gasteiger partial charge in [-0.2, -0.15) is 0 Å². The van der Waals surface area contributed by atoms with E-state index in [0.717, 1.165) is 0 Å². The van der Waals surface area contributed by atoms with Crippen LogP contribution in [-0.4, -0.2) is 30.6 Å². The number of ether oxygens (including phenoxy) is 1. The molecule has 0 unspecified atom stereocenters. The van der Waals surface area contributed by atoms with Crippen LogP contribution in [0.15, 0.2) is 28.8 Å². The minimum Gasteiger partial charge on any atom is -0.495 e. The molecule has 0 spiro atoms. The number of aryl methyl sites for hydroxylation is 1. The summed E-state index contributed by atoms with van der Waals surface area (Å²) in [6, 6.07) is 6.27. The Morgan fingerprint density at radius 2 is 2.14 bits per heavy atom. The van der Waals surface area contributed by atoms with E-state index in [9.17, 15) is 9.59 Å². The fourth-order valence-electron chi connectivity index (χ4n) is 1.79. The van der Waals surface area contributed by atoms with Crippen molar-refractivity contribution in [1.29, 1.82) is 0 Å². The lowest BCUT2D eigenvalue weighted by Crippen LogP contribution is -2.22. The smallest absolute Gasteiger partial charge is 0.248 e. The maximum absolute atomic E-state index is 11.8. The third-order valence-electron chi connectivity index (χ3n) is 2.82. The van der Waals surface area contributed by atoms with Crippen LogP contribution < -0.4 is 21.1 Å². The van der Waals surface area contributed by atoms with Crippen molar-refractivity contribution in [3.63, 3.8) is 0 Å². The summed E-state index contributed by atoms with van der Waals surface area (Å²) in [6.45, 7) is 1.69. The number of nitrogens with two attached hydrogens (primary N) is 1. The largest absolute Gasteiger partial charge is 0.495 e. The van der Waals surface area contributed by atoms with Crippen LogP contribution in [0.25, 0.3) is 0 Å². The number of amides is 2. The first-order chi connectivity index (χ1) is 10.5. The molecule has 0 fully saturated rings. The van der Waals surface area contributed by atoms with E-state index in [4.69, 9.17) is 15.0 Å². The van der Waals surface area contributed by atoms with E-state index in [1.54, 1.807) is 25.1 Å². The molecule has 2 rings (SSSR count). The predicted molar refractivity (Wildman–Crippen MR) is 79.9 cm³/mol. The van der Waals surface area contributed by atoms with Gasteiger partial charge in [0.2, 0.25) is 11.8 Å². The number of carbonyl (C=O) groups is 2. The second-order valence-corrected chi connectivity index (χ2v) is 4.50. The number of hydrogen-bond acceptors (Lipinski definition) is 6. The van der Waals surface area contributed by atoms with Crippen molar-refractivity contribution in [1.82, 2.24) is 5.16 Å². The summed E-state index contributed by atoms with van der Waals surface area (Å²) >= 11 is 0. The van der Waals surface area contributed by atoms with Gasteiger partial charge in [0.25, 0.3) is 0 Å². The van der Waals surface area contributed by atoms with Crippen LogP contribution >= 0.6 is 0 Å². The van der Waals surface area contributed by atoms with Gasteiger partial charge in [-0.1, -0.05) is 5.16 Å². The van der Waals surface area contributed by atoms with E-state index in [2.05, 4.69) is 15.8 Å². The van der Waals surface area contributed by atoms with Gasteiger partial charge in [0.05, 0.1) is 19.3 Å².